The number of rotatable bonds is 4. The Balaban J connectivity index is 1.58. The van der Waals surface area contributed by atoms with Crippen LogP contribution in [0.25, 0.3) is 0 Å². The van der Waals surface area contributed by atoms with E-state index in [1.165, 1.54) is 24.6 Å². The summed E-state index contributed by atoms with van der Waals surface area (Å²) < 4.78 is 51.6. The predicted molar refractivity (Wildman–Crippen MR) is 78.2 cm³/mol. The second-order valence-electron chi connectivity index (χ2n) is 5.83. The van der Waals surface area contributed by atoms with Crippen LogP contribution < -0.4 is 4.72 Å². The van der Waals surface area contributed by atoms with Crippen molar-refractivity contribution in [1.82, 2.24) is 4.72 Å². The Morgan fingerprint density at radius 1 is 1.27 bits per heavy atom. The molecule has 5 nitrogen and oxygen atoms in total. The van der Waals surface area contributed by atoms with Crippen molar-refractivity contribution in [2.24, 2.45) is 0 Å². The molecule has 3 rings (SSSR count). The Morgan fingerprint density at radius 3 is 2.77 bits per heavy atom. The number of ether oxygens (including phenoxy) is 2. The lowest BCUT2D eigenvalue weighted by atomic mass is 9.94. The van der Waals surface area contributed by atoms with E-state index in [0.717, 1.165) is 31.7 Å². The number of sulfonamides is 1. The Morgan fingerprint density at radius 2 is 2.05 bits per heavy atom. The molecule has 1 aliphatic carbocycles. The summed E-state index contributed by atoms with van der Waals surface area (Å²) in [6.07, 6.45) is 4.75. The summed E-state index contributed by atoms with van der Waals surface area (Å²) in [4.78, 5) is -0.0844. The first-order chi connectivity index (χ1) is 10.5. The molecule has 1 atom stereocenters. The second-order valence-corrected chi connectivity index (χ2v) is 7.60. The van der Waals surface area contributed by atoms with Crippen LogP contribution in [0.4, 0.5) is 4.39 Å². The fraction of sp³-hybridized carbons (Fsp3) is 0.600. The van der Waals surface area contributed by atoms with Crippen molar-refractivity contribution >= 4 is 10.0 Å². The zero-order valence-electron chi connectivity index (χ0n) is 12.3. The molecule has 22 heavy (non-hydrogen) atoms. The van der Waals surface area contributed by atoms with E-state index < -0.39 is 21.6 Å². The van der Waals surface area contributed by atoms with Gasteiger partial charge in [-0.05, 0) is 31.0 Å². The van der Waals surface area contributed by atoms with Gasteiger partial charge in [0.2, 0.25) is 10.0 Å². The van der Waals surface area contributed by atoms with Crippen LogP contribution in [0.3, 0.4) is 0 Å². The summed E-state index contributed by atoms with van der Waals surface area (Å²) in [7, 11) is -3.74. The van der Waals surface area contributed by atoms with Gasteiger partial charge >= 0.3 is 0 Å². The van der Waals surface area contributed by atoms with Gasteiger partial charge in [0.05, 0.1) is 17.6 Å². The number of halogens is 1. The summed E-state index contributed by atoms with van der Waals surface area (Å²) in [6, 6.07) is 4.94. The molecule has 0 radical (unpaired) electrons. The molecule has 1 heterocycles. The zero-order valence-corrected chi connectivity index (χ0v) is 13.1. The number of benzene rings is 1. The van der Waals surface area contributed by atoms with Gasteiger partial charge in [0, 0.05) is 19.4 Å². The lowest BCUT2D eigenvalue weighted by molar-refractivity contribution is -0.186. The third kappa shape index (κ3) is 3.48. The predicted octanol–water partition coefficient (Wildman–Crippen LogP) is 2.18. The van der Waals surface area contributed by atoms with Crippen molar-refractivity contribution in [2.45, 2.75) is 48.9 Å². The number of nitrogens with one attached hydrogen (secondary N) is 1. The van der Waals surface area contributed by atoms with E-state index in [1.54, 1.807) is 0 Å². The number of hydrogen-bond donors (Lipinski definition) is 1. The lowest BCUT2D eigenvalue weighted by Gasteiger charge is -2.31. The molecule has 1 spiro atoms. The molecule has 2 fully saturated rings. The van der Waals surface area contributed by atoms with Crippen molar-refractivity contribution in [3.8, 4) is 0 Å². The maximum Gasteiger partial charge on any atom is 0.240 e. The van der Waals surface area contributed by atoms with Gasteiger partial charge in [-0.15, -0.1) is 0 Å². The fourth-order valence-electron chi connectivity index (χ4n) is 2.99. The summed E-state index contributed by atoms with van der Waals surface area (Å²) in [5.41, 5.74) is 0. The molecule has 1 aliphatic heterocycles. The van der Waals surface area contributed by atoms with E-state index in [-0.39, 0.29) is 17.5 Å². The van der Waals surface area contributed by atoms with Gasteiger partial charge < -0.3 is 9.47 Å². The molecule has 122 valence electrons. The van der Waals surface area contributed by atoms with Crippen LogP contribution in [0.1, 0.15) is 32.1 Å². The monoisotopic (exact) mass is 329 g/mol. The molecule has 1 aromatic carbocycles. The first-order valence-electron chi connectivity index (χ1n) is 7.56. The van der Waals surface area contributed by atoms with E-state index in [0.29, 0.717) is 6.61 Å². The molecule has 0 bridgehead atoms. The average Bonchev–Trinajstić information content (AvgIpc) is 2.89. The van der Waals surface area contributed by atoms with E-state index in [2.05, 4.69) is 4.72 Å². The van der Waals surface area contributed by atoms with Crippen LogP contribution in [0.15, 0.2) is 29.2 Å². The molecular formula is C15H20FNO4S. The van der Waals surface area contributed by atoms with E-state index in [9.17, 15) is 12.8 Å². The normalized spacial score (nSPS) is 24.7. The SMILES string of the molecule is O=S(=O)(NC[C@@H]1COC2(CCCCC2)O1)c1cccc(F)c1. The molecule has 7 heteroatoms. The van der Waals surface area contributed by atoms with Gasteiger partial charge in [-0.1, -0.05) is 12.5 Å². The van der Waals surface area contributed by atoms with E-state index in [1.807, 2.05) is 0 Å². The Hall–Kier alpha value is -1.02. The van der Waals surface area contributed by atoms with Crippen LogP contribution in [-0.2, 0) is 19.5 Å². The molecule has 1 saturated carbocycles. The van der Waals surface area contributed by atoms with Gasteiger partial charge in [-0.3, -0.25) is 0 Å². The number of hydrogen-bond acceptors (Lipinski definition) is 4. The third-order valence-electron chi connectivity index (χ3n) is 4.14. The maximum atomic E-state index is 13.1. The summed E-state index contributed by atoms with van der Waals surface area (Å²) in [5.74, 6) is -1.10. The fourth-order valence-corrected chi connectivity index (χ4v) is 4.09. The van der Waals surface area contributed by atoms with E-state index in [4.69, 9.17) is 9.47 Å². The first kappa shape index (κ1) is 15.9. The van der Waals surface area contributed by atoms with Crippen LogP contribution in [0.5, 0.6) is 0 Å². The highest BCUT2D eigenvalue weighted by atomic mass is 32.2. The minimum Gasteiger partial charge on any atom is -0.347 e. The van der Waals surface area contributed by atoms with Crippen LogP contribution in [-0.4, -0.2) is 33.5 Å². The maximum absolute atomic E-state index is 13.1. The highest BCUT2D eigenvalue weighted by molar-refractivity contribution is 7.89. The average molecular weight is 329 g/mol. The van der Waals surface area contributed by atoms with Crippen molar-refractivity contribution < 1.29 is 22.3 Å². The van der Waals surface area contributed by atoms with Crippen molar-refractivity contribution in [1.29, 1.82) is 0 Å². The van der Waals surface area contributed by atoms with Gasteiger partial charge in [0.15, 0.2) is 5.79 Å². The molecule has 2 aliphatic rings. The van der Waals surface area contributed by atoms with Gasteiger partial charge in [-0.25, -0.2) is 17.5 Å². The highest BCUT2D eigenvalue weighted by Gasteiger charge is 2.42. The standard InChI is InChI=1S/C15H20FNO4S/c16-12-5-4-6-14(9-12)22(18,19)17-10-13-11-20-15(21-13)7-2-1-3-8-15/h4-6,9,13,17H,1-3,7-8,10-11H2/t13-/m1/s1. The lowest BCUT2D eigenvalue weighted by Crippen LogP contribution is -2.37. The summed E-state index contributed by atoms with van der Waals surface area (Å²) in [5, 5.41) is 0. The molecule has 0 amide bonds. The van der Waals surface area contributed by atoms with Gasteiger partial charge in [0.1, 0.15) is 5.82 Å². The minimum atomic E-state index is -3.74. The highest BCUT2D eigenvalue weighted by Crippen LogP contribution is 2.37. The van der Waals surface area contributed by atoms with Gasteiger partial charge in [-0.2, -0.15) is 0 Å². The quantitative estimate of drug-likeness (QED) is 0.919. The summed E-state index contributed by atoms with van der Waals surface area (Å²) >= 11 is 0. The van der Waals surface area contributed by atoms with Crippen LogP contribution in [0.2, 0.25) is 0 Å². The van der Waals surface area contributed by atoms with E-state index >= 15 is 0 Å². The largest absolute Gasteiger partial charge is 0.347 e. The second kappa shape index (κ2) is 6.23. The Labute approximate surface area is 129 Å². The topological polar surface area (TPSA) is 64.6 Å². The zero-order chi connectivity index (χ0) is 15.6. The molecule has 0 aromatic heterocycles. The molecule has 1 N–H and O–H groups in total. The van der Waals surface area contributed by atoms with Gasteiger partial charge in [0.25, 0.3) is 0 Å². The molecule has 1 saturated heterocycles. The van der Waals surface area contributed by atoms with Crippen molar-refractivity contribution in [3.05, 3.63) is 30.1 Å². The summed E-state index contributed by atoms with van der Waals surface area (Å²) in [6.45, 7) is 0.506. The van der Waals surface area contributed by atoms with Crippen molar-refractivity contribution in [2.75, 3.05) is 13.2 Å². The minimum absolute atomic E-state index is 0.0844. The molecule has 0 unspecified atom stereocenters. The first-order valence-corrected chi connectivity index (χ1v) is 9.04. The third-order valence-corrected chi connectivity index (χ3v) is 5.56. The smallest absolute Gasteiger partial charge is 0.240 e. The van der Waals surface area contributed by atoms with Crippen LogP contribution in [0, 0.1) is 5.82 Å². The molecule has 1 aromatic rings. The van der Waals surface area contributed by atoms with Crippen molar-refractivity contribution in [3.63, 3.8) is 0 Å². The molecular weight excluding hydrogens is 309 g/mol. The van der Waals surface area contributed by atoms with Crippen LogP contribution >= 0.6 is 0 Å². The Kier molecular flexibility index (Phi) is 4.49. The Bertz CT molecular complexity index is 628.